The number of primary amides is 1. The van der Waals surface area contributed by atoms with Crippen molar-refractivity contribution >= 4 is 11.6 Å². The summed E-state index contributed by atoms with van der Waals surface area (Å²) in [6.07, 6.45) is 0. The van der Waals surface area contributed by atoms with Crippen molar-refractivity contribution in [1.29, 1.82) is 0 Å². The topological polar surface area (TPSA) is 87.6 Å². The van der Waals surface area contributed by atoms with Crippen molar-refractivity contribution in [2.75, 3.05) is 12.8 Å². The number of hydrogen-bond acceptors (Lipinski definition) is 4. The SMILES string of the molecule is COc1cccc(C(N)=O)c1.Nc1cc2ccc1CO2. The number of carbonyl (C=O) groups is 1. The van der Waals surface area contributed by atoms with E-state index in [1.54, 1.807) is 31.4 Å². The lowest BCUT2D eigenvalue weighted by atomic mass is 10.1. The lowest BCUT2D eigenvalue weighted by Crippen LogP contribution is -2.10. The minimum atomic E-state index is -0.441. The van der Waals surface area contributed by atoms with Gasteiger partial charge in [0.2, 0.25) is 5.91 Å². The first-order valence-corrected chi connectivity index (χ1v) is 6.05. The fourth-order valence-corrected chi connectivity index (χ4v) is 1.73. The second kappa shape index (κ2) is 5.97. The highest BCUT2D eigenvalue weighted by atomic mass is 16.5. The van der Waals surface area contributed by atoms with Crippen LogP contribution in [0.3, 0.4) is 0 Å². The van der Waals surface area contributed by atoms with Gasteiger partial charge in [0.25, 0.3) is 0 Å². The summed E-state index contributed by atoms with van der Waals surface area (Å²) in [5.41, 5.74) is 13.0. The average Bonchev–Trinajstić information content (AvgIpc) is 2.49. The molecule has 0 spiro atoms. The van der Waals surface area contributed by atoms with E-state index in [0.29, 0.717) is 17.9 Å². The summed E-state index contributed by atoms with van der Waals surface area (Å²) in [7, 11) is 1.54. The number of carbonyl (C=O) groups excluding carboxylic acids is 1. The first kappa shape index (κ1) is 13.7. The van der Waals surface area contributed by atoms with Crippen LogP contribution in [0.25, 0.3) is 0 Å². The van der Waals surface area contributed by atoms with E-state index in [1.807, 2.05) is 18.2 Å². The van der Waals surface area contributed by atoms with Crippen LogP contribution in [0, 0.1) is 0 Å². The van der Waals surface area contributed by atoms with Crippen LogP contribution in [-0.4, -0.2) is 13.0 Å². The van der Waals surface area contributed by atoms with E-state index in [1.165, 1.54) is 0 Å². The Bertz CT molecular complexity index is 626. The molecule has 4 rings (SSSR count). The molecule has 0 atom stereocenters. The number of anilines is 1. The Labute approximate surface area is 117 Å². The number of ether oxygens (including phenoxy) is 2. The number of nitrogen functional groups attached to an aromatic ring is 1. The van der Waals surface area contributed by atoms with Gasteiger partial charge in [0, 0.05) is 22.9 Å². The van der Waals surface area contributed by atoms with Crippen LogP contribution < -0.4 is 20.9 Å². The molecule has 0 unspecified atom stereocenters. The quantitative estimate of drug-likeness (QED) is 0.818. The molecule has 0 aromatic heterocycles. The molecule has 2 bridgehead atoms. The van der Waals surface area contributed by atoms with Gasteiger partial charge < -0.3 is 20.9 Å². The van der Waals surface area contributed by atoms with E-state index in [-0.39, 0.29) is 0 Å². The van der Waals surface area contributed by atoms with Crippen molar-refractivity contribution in [2.45, 2.75) is 6.61 Å². The maximum absolute atomic E-state index is 10.6. The van der Waals surface area contributed by atoms with Crippen LogP contribution in [0.4, 0.5) is 5.69 Å². The lowest BCUT2D eigenvalue weighted by molar-refractivity contribution is 0.1000. The van der Waals surface area contributed by atoms with Crippen molar-refractivity contribution in [3.05, 3.63) is 53.6 Å². The zero-order valence-electron chi connectivity index (χ0n) is 11.1. The number of benzene rings is 2. The molecule has 20 heavy (non-hydrogen) atoms. The molecule has 0 radical (unpaired) electrons. The van der Waals surface area contributed by atoms with Gasteiger partial charge in [-0.25, -0.2) is 0 Å². The van der Waals surface area contributed by atoms with Gasteiger partial charge in [-0.2, -0.15) is 0 Å². The maximum atomic E-state index is 10.6. The third kappa shape index (κ3) is 3.20. The number of amides is 1. The molecule has 4 N–H and O–H groups in total. The largest absolute Gasteiger partial charge is 0.497 e. The molecular formula is C15H16N2O3. The molecule has 5 nitrogen and oxygen atoms in total. The van der Waals surface area contributed by atoms with Crippen molar-refractivity contribution in [1.82, 2.24) is 0 Å². The predicted octanol–water partition coefficient (Wildman–Crippen LogP) is 1.96. The van der Waals surface area contributed by atoms with Crippen molar-refractivity contribution in [2.24, 2.45) is 5.73 Å². The minimum Gasteiger partial charge on any atom is -0.497 e. The van der Waals surface area contributed by atoms with E-state index in [2.05, 4.69) is 0 Å². The second-order valence-electron chi connectivity index (χ2n) is 4.25. The molecule has 104 valence electrons. The van der Waals surface area contributed by atoms with Gasteiger partial charge in [0.15, 0.2) is 0 Å². The summed E-state index contributed by atoms with van der Waals surface area (Å²) in [5, 5.41) is 0. The fraction of sp³-hybridized carbons (Fsp3) is 0.133. The minimum absolute atomic E-state index is 0.441. The molecule has 2 aromatic carbocycles. The third-order valence-corrected chi connectivity index (χ3v) is 2.87. The Morgan fingerprint density at radius 2 is 2.05 bits per heavy atom. The van der Waals surface area contributed by atoms with Crippen molar-refractivity contribution < 1.29 is 14.3 Å². The summed E-state index contributed by atoms with van der Waals surface area (Å²) in [5.74, 6) is 1.08. The molecule has 1 amide bonds. The number of methoxy groups -OCH3 is 1. The Hall–Kier alpha value is -2.69. The lowest BCUT2D eigenvalue weighted by Gasteiger charge is -2.15. The highest BCUT2D eigenvalue weighted by Gasteiger charge is 2.07. The van der Waals surface area contributed by atoms with Crippen LogP contribution in [0.15, 0.2) is 42.5 Å². The molecule has 2 aromatic rings. The Morgan fingerprint density at radius 1 is 1.25 bits per heavy atom. The van der Waals surface area contributed by atoms with Crippen molar-refractivity contribution in [3.63, 3.8) is 0 Å². The Kier molecular flexibility index (Phi) is 4.10. The van der Waals surface area contributed by atoms with Crippen LogP contribution >= 0.6 is 0 Å². The van der Waals surface area contributed by atoms with E-state index < -0.39 is 5.91 Å². The Balaban J connectivity index is 0.000000149. The van der Waals surface area contributed by atoms with E-state index in [0.717, 1.165) is 17.0 Å². The standard InChI is InChI=1S/C8H9NO2.C7H7NO/c1-11-7-4-2-3-6(5-7)8(9)10;8-7-3-6-2-1-5(7)4-9-6/h2-5H,1H3,(H2,9,10);1-3H,4,8H2. The van der Waals surface area contributed by atoms with Gasteiger partial charge in [0.05, 0.1) is 7.11 Å². The fourth-order valence-electron chi connectivity index (χ4n) is 1.73. The monoisotopic (exact) mass is 272 g/mol. The van der Waals surface area contributed by atoms with E-state index >= 15 is 0 Å². The first-order valence-electron chi connectivity index (χ1n) is 6.05. The molecule has 0 saturated heterocycles. The average molecular weight is 272 g/mol. The second-order valence-corrected chi connectivity index (χ2v) is 4.25. The maximum Gasteiger partial charge on any atom is 0.248 e. The van der Waals surface area contributed by atoms with Gasteiger partial charge in [-0.1, -0.05) is 6.07 Å². The summed E-state index contributed by atoms with van der Waals surface area (Å²) < 4.78 is 10.1. The molecule has 2 aliphatic rings. The number of fused-ring (bicyclic) bond motifs is 3. The summed E-state index contributed by atoms with van der Waals surface area (Å²) in [6, 6.07) is 12.5. The van der Waals surface area contributed by atoms with Gasteiger partial charge in [0.1, 0.15) is 18.1 Å². The summed E-state index contributed by atoms with van der Waals surface area (Å²) in [4.78, 5) is 10.6. The van der Waals surface area contributed by atoms with Crippen LogP contribution in [0.5, 0.6) is 11.5 Å². The Morgan fingerprint density at radius 3 is 2.45 bits per heavy atom. The van der Waals surface area contributed by atoms with Crippen LogP contribution in [0.2, 0.25) is 0 Å². The third-order valence-electron chi connectivity index (χ3n) is 2.87. The first-order chi connectivity index (χ1) is 9.60. The van der Waals surface area contributed by atoms with E-state index in [4.69, 9.17) is 20.9 Å². The zero-order chi connectivity index (χ0) is 14.5. The molecular weight excluding hydrogens is 256 g/mol. The smallest absolute Gasteiger partial charge is 0.248 e. The highest BCUT2D eigenvalue weighted by molar-refractivity contribution is 5.93. The van der Waals surface area contributed by atoms with Gasteiger partial charge in [-0.05, 0) is 30.3 Å². The summed E-state index contributed by atoms with van der Waals surface area (Å²) in [6.45, 7) is 0.647. The predicted molar refractivity (Wildman–Crippen MR) is 76.7 cm³/mol. The number of rotatable bonds is 2. The van der Waals surface area contributed by atoms with Gasteiger partial charge in [-0.15, -0.1) is 0 Å². The summed E-state index contributed by atoms with van der Waals surface area (Å²) >= 11 is 0. The molecule has 0 aliphatic carbocycles. The van der Waals surface area contributed by atoms with E-state index in [9.17, 15) is 4.79 Å². The van der Waals surface area contributed by atoms with Gasteiger partial charge in [-0.3, -0.25) is 4.79 Å². The molecule has 0 fully saturated rings. The number of nitrogens with two attached hydrogens (primary N) is 2. The van der Waals surface area contributed by atoms with Crippen molar-refractivity contribution in [3.8, 4) is 11.5 Å². The highest BCUT2D eigenvalue weighted by Crippen LogP contribution is 2.26. The van der Waals surface area contributed by atoms with Crippen LogP contribution in [0.1, 0.15) is 15.9 Å². The molecule has 2 aliphatic heterocycles. The number of hydrogen-bond donors (Lipinski definition) is 2. The molecule has 5 heteroatoms. The van der Waals surface area contributed by atoms with Gasteiger partial charge >= 0.3 is 0 Å². The zero-order valence-corrected chi connectivity index (χ0v) is 11.1. The normalized spacial score (nSPS) is 11.1. The molecule has 0 saturated carbocycles. The molecule has 2 heterocycles. The van der Waals surface area contributed by atoms with Crippen LogP contribution in [-0.2, 0) is 6.61 Å².